The van der Waals surface area contributed by atoms with Gasteiger partial charge in [0, 0.05) is 27.6 Å². The molecule has 4 nitrogen and oxygen atoms in total. The van der Waals surface area contributed by atoms with Gasteiger partial charge in [-0.3, -0.25) is 0 Å². The lowest BCUT2D eigenvalue weighted by molar-refractivity contribution is 1.07. The number of aromatic nitrogens is 4. The van der Waals surface area contributed by atoms with E-state index in [9.17, 15) is 0 Å². The molecule has 43 heavy (non-hydrogen) atoms. The second-order valence-electron chi connectivity index (χ2n) is 10.4. The maximum absolute atomic E-state index is 5.03. The molecule has 2 aromatic heterocycles. The van der Waals surface area contributed by atoms with Crippen LogP contribution in [0.25, 0.3) is 76.9 Å². The molecule has 0 N–H and O–H groups in total. The summed E-state index contributed by atoms with van der Waals surface area (Å²) in [6.07, 6.45) is 0. The largest absolute Gasteiger partial charge is 0.235 e. The zero-order valence-corrected chi connectivity index (χ0v) is 23.9. The van der Waals surface area contributed by atoms with Crippen LogP contribution in [-0.4, -0.2) is 19.9 Å². The minimum Gasteiger partial charge on any atom is -0.235 e. The molecular formula is C38H24N4S. The molecule has 0 unspecified atom stereocenters. The Morgan fingerprint density at radius 1 is 0.372 bits per heavy atom. The molecule has 8 aromatic rings. The fourth-order valence-electron chi connectivity index (χ4n) is 5.38. The Morgan fingerprint density at radius 3 is 1.56 bits per heavy atom. The number of fused-ring (bicyclic) bond motifs is 3. The first-order chi connectivity index (χ1) is 21.3. The lowest BCUT2D eigenvalue weighted by Crippen LogP contribution is -2.00. The predicted octanol–water partition coefficient (Wildman–Crippen LogP) is 9.97. The summed E-state index contributed by atoms with van der Waals surface area (Å²) >= 11 is 1.73. The van der Waals surface area contributed by atoms with Crippen molar-refractivity contribution in [1.29, 1.82) is 0 Å². The summed E-state index contributed by atoms with van der Waals surface area (Å²) in [6, 6.07) is 49.9. The Hall–Kier alpha value is -5.52. The number of nitrogens with zero attached hydrogens (tertiary/aromatic N) is 4. The van der Waals surface area contributed by atoms with Gasteiger partial charge in [0.1, 0.15) is 5.01 Å². The minimum atomic E-state index is 0.646. The third kappa shape index (κ3) is 4.86. The molecule has 0 fully saturated rings. The summed E-state index contributed by atoms with van der Waals surface area (Å²) in [5.74, 6) is 1.96. The molecule has 2 heterocycles. The lowest BCUT2D eigenvalue weighted by Gasteiger charge is -2.10. The van der Waals surface area contributed by atoms with Crippen molar-refractivity contribution in [2.45, 2.75) is 0 Å². The smallest absolute Gasteiger partial charge is 0.164 e. The maximum Gasteiger partial charge on any atom is 0.164 e. The van der Waals surface area contributed by atoms with Crippen molar-refractivity contribution in [3.63, 3.8) is 0 Å². The van der Waals surface area contributed by atoms with E-state index in [0.29, 0.717) is 17.5 Å². The van der Waals surface area contributed by atoms with Gasteiger partial charge in [-0.05, 0) is 34.7 Å². The molecule has 0 bridgehead atoms. The molecule has 0 radical (unpaired) electrons. The lowest BCUT2D eigenvalue weighted by atomic mass is 9.99. The quantitative estimate of drug-likeness (QED) is 0.207. The van der Waals surface area contributed by atoms with Gasteiger partial charge in [-0.25, -0.2) is 19.9 Å². The molecule has 202 valence electrons. The van der Waals surface area contributed by atoms with Crippen LogP contribution < -0.4 is 0 Å². The Bertz CT molecular complexity index is 2170. The maximum atomic E-state index is 5.03. The van der Waals surface area contributed by atoms with Crippen LogP contribution >= 0.6 is 11.3 Å². The molecule has 0 aliphatic heterocycles. The van der Waals surface area contributed by atoms with Crippen molar-refractivity contribution in [3.8, 4) is 55.9 Å². The highest BCUT2D eigenvalue weighted by molar-refractivity contribution is 7.21. The molecule has 0 atom stereocenters. The summed E-state index contributed by atoms with van der Waals surface area (Å²) in [5.41, 5.74) is 7.29. The summed E-state index contributed by atoms with van der Waals surface area (Å²) in [7, 11) is 0. The van der Waals surface area contributed by atoms with E-state index in [0.717, 1.165) is 49.3 Å². The average Bonchev–Trinajstić information content (AvgIpc) is 3.54. The molecule has 5 heteroatoms. The first kappa shape index (κ1) is 25.2. The van der Waals surface area contributed by atoms with Gasteiger partial charge in [-0.2, -0.15) is 0 Å². The SMILES string of the molecule is c1ccc(-c2nc(-c3ccccc3)nc(-c3cccc(-c4ccc5c(ccc6sc(-c7ccccc7)nc65)c4)c3)n2)cc1. The van der Waals surface area contributed by atoms with Gasteiger partial charge < -0.3 is 0 Å². The fraction of sp³-hybridized carbons (Fsp3) is 0. The number of rotatable bonds is 5. The van der Waals surface area contributed by atoms with Crippen LogP contribution in [0.1, 0.15) is 0 Å². The highest BCUT2D eigenvalue weighted by atomic mass is 32.1. The second-order valence-corrected chi connectivity index (χ2v) is 11.4. The van der Waals surface area contributed by atoms with Crippen LogP contribution in [0.3, 0.4) is 0 Å². The number of hydrogen-bond acceptors (Lipinski definition) is 5. The van der Waals surface area contributed by atoms with E-state index >= 15 is 0 Å². The van der Waals surface area contributed by atoms with E-state index in [2.05, 4.69) is 78.9 Å². The minimum absolute atomic E-state index is 0.646. The molecule has 0 amide bonds. The zero-order valence-electron chi connectivity index (χ0n) is 23.1. The predicted molar refractivity (Wildman–Crippen MR) is 178 cm³/mol. The van der Waals surface area contributed by atoms with Crippen LogP contribution in [0, 0.1) is 0 Å². The Labute approximate surface area is 253 Å². The van der Waals surface area contributed by atoms with Crippen molar-refractivity contribution >= 4 is 32.3 Å². The van der Waals surface area contributed by atoms with E-state index in [1.54, 1.807) is 11.3 Å². The highest BCUT2D eigenvalue weighted by Gasteiger charge is 2.14. The van der Waals surface area contributed by atoms with Gasteiger partial charge in [-0.15, -0.1) is 11.3 Å². The molecule has 6 aromatic carbocycles. The van der Waals surface area contributed by atoms with Crippen molar-refractivity contribution in [1.82, 2.24) is 19.9 Å². The highest BCUT2D eigenvalue weighted by Crippen LogP contribution is 2.36. The third-order valence-corrected chi connectivity index (χ3v) is 8.62. The van der Waals surface area contributed by atoms with Crippen molar-refractivity contribution in [2.75, 3.05) is 0 Å². The number of hydrogen-bond donors (Lipinski definition) is 0. The van der Waals surface area contributed by atoms with E-state index in [1.165, 1.54) is 10.1 Å². The van der Waals surface area contributed by atoms with Crippen LogP contribution in [0.2, 0.25) is 0 Å². The van der Waals surface area contributed by atoms with Gasteiger partial charge in [0.25, 0.3) is 0 Å². The first-order valence-corrected chi connectivity index (χ1v) is 15.0. The molecule has 0 saturated carbocycles. The molecule has 0 aliphatic carbocycles. The molecule has 0 saturated heterocycles. The topological polar surface area (TPSA) is 51.6 Å². The summed E-state index contributed by atoms with van der Waals surface area (Å²) in [6.45, 7) is 0. The van der Waals surface area contributed by atoms with E-state index in [-0.39, 0.29) is 0 Å². The first-order valence-electron chi connectivity index (χ1n) is 14.1. The van der Waals surface area contributed by atoms with Crippen molar-refractivity contribution < 1.29 is 0 Å². The van der Waals surface area contributed by atoms with E-state index < -0.39 is 0 Å². The van der Waals surface area contributed by atoms with Crippen LogP contribution in [-0.2, 0) is 0 Å². The molecule has 0 aliphatic rings. The van der Waals surface area contributed by atoms with E-state index in [4.69, 9.17) is 19.9 Å². The molecular weight excluding hydrogens is 545 g/mol. The Morgan fingerprint density at radius 2 is 0.907 bits per heavy atom. The Kier molecular flexibility index (Phi) is 6.28. The fourth-order valence-corrected chi connectivity index (χ4v) is 6.37. The van der Waals surface area contributed by atoms with Gasteiger partial charge in [0.05, 0.1) is 10.2 Å². The van der Waals surface area contributed by atoms with Gasteiger partial charge >= 0.3 is 0 Å². The van der Waals surface area contributed by atoms with Crippen LogP contribution in [0.4, 0.5) is 0 Å². The average molecular weight is 569 g/mol. The summed E-state index contributed by atoms with van der Waals surface area (Å²) < 4.78 is 1.19. The zero-order chi connectivity index (χ0) is 28.6. The Balaban J connectivity index is 1.20. The molecule has 8 rings (SSSR count). The second kappa shape index (κ2) is 10.7. The van der Waals surface area contributed by atoms with Gasteiger partial charge in [-0.1, -0.05) is 127 Å². The monoisotopic (exact) mass is 568 g/mol. The van der Waals surface area contributed by atoms with Gasteiger partial charge in [0.2, 0.25) is 0 Å². The van der Waals surface area contributed by atoms with Crippen LogP contribution in [0.15, 0.2) is 146 Å². The third-order valence-electron chi connectivity index (χ3n) is 7.55. The normalized spacial score (nSPS) is 11.3. The van der Waals surface area contributed by atoms with Crippen LogP contribution in [0.5, 0.6) is 0 Å². The number of thiazole rings is 1. The summed E-state index contributed by atoms with van der Waals surface area (Å²) in [5, 5.41) is 3.37. The van der Waals surface area contributed by atoms with E-state index in [1.807, 2.05) is 66.7 Å². The number of benzene rings is 6. The summed E-state index contributed by atoms with van der Waals surface area (Å²) in [4.78, 5) is 19.7. The van der Waals surface area contributed by atoms with Crippen molar-refractivity contribution in [3.05, 3.63) is 146 Å². The van der Waals surface area contributed by atoms with Crippen molar-refractivity contribution in [2.24, 2.45) is 0 Å². The van der Waals surface area contributed by atoms with Gasteiger partial charge in [0.15, 0.2) is 17.5 Å². The molecule has 0 spiro atoms. The standard InChI is InChI=1S/C38H24N4S/c1-4-11-25(12-5-1)35-40-36(26-13-6-2-7-14-26)42-37(41-35)31-18-10-17-28(24-31)29-19-21-32-30(23-29)20-22-33-34(32)39-38(43-33)27-15-8-3-9-16-27/h1-24H.